The van der Waals surface area contributed by atoms with E-state index in [1.807, 2.05) is 26.0 Å². The zero-order valence-corrected chi connectivity index (χ0v) is 11.7. The summed E-state index contributed by atoms with van der Waals surface area (Å²) in [5.74, 6) is 0.407. The highest BCUT2D eigenvalue weighted by molar-refractivity contribution is 5.92. The van der Waals surface area contributed by atoms with E-state index in [2.05, 4.69) is 29.4 Å². The fraction of sp³-hybridized carbons (Fsp3) is 0.500. The van der Waals surface area contributed by atoms with E-state index in [4.69, 9.17) is 10.5 Å². The zero-order valence-electron chi connectivity index (χ0n) is 11.7. The molecule has 0 saturated carbocycles. The summed E-state index contributed by atoms with van der Waals surface area (Å²) < 4.78 is 5.28. The molecule has 0 aromatic heterocycles. The van der Waals surface area contributed by atoms with Gasteiger partial charge in [-0.2, -0.15) is 0 Å². The Kier molecular flexibility index (Phi) is 5.16. The molecule has 0 saturated heterocycles. The van der Waals surface area contributed by atoms with Crippen LogP contribution in [0, 0.1) is 0 Å². The fourth-order valence-electron chi connectivity index (χ4n) is 1.35. The van der Waals surface area contributed by atoms with E-state index in [9.17, 15) is 0 Å². The van der Waals surface area contributed by atoms with Crippen molar-refractivity contribution in [3.63, 3.8) is 0 Å². The Labute approximate surface area is 109 Å². The Balaban J connectivity index is 2.58. The molecule has 1 rings (SSSR count). The van der Waals surface area contributed by atoms with Crippen molar-refractivity contribution in [3.8, 4) is 0 Å². The van der Waals surface area contributed by atoms with Crippen LogP contribution in [0.5, 0.6) is 0 Å². The predicted octanol–water partition coefficient (Wildman–Crippen LogP) is 2.40. The Morgan fingerprint density at radius 2 is 1.94 bits per heavy atom. The van der Waals surface area contributed by atoms with Gasteiger partial charge in [0.2, 0.25) is 0 Å². The smallest absolute Gasteiger partial charge is 0.193 e. The number of anilines is 1. The number of aliphatic imine (C=N–C) groups is 1. The van der Waals surface area contributed by atoms with Crippen LogP contribution in [0.1, 0.15) is 26.3 Å². The van der Waals surface area contributed by atoms with E-state index in [0.29, 0.717) is 12.5 Å². The first kappa shape index (κ1) is 14.5. The number of nitrogens with one attached hydrogen (secondary N) is 1. The molecule has 18 heavy (non-hydrogen) atoms. The second kappa shape index (κ2) is 6.40. The summed E-state index contributed by atoms with van der Waals surface area (Å²) >= 11 is 0. The second-order valence-electron chi connectivity index (χ2n) is 4.84. The van der Waals surface area contributed by atoms with E-state index >= 15 is 0 Å². The molecule has 0 aliphatic carbocycles. The molecule has 0 unspecified atom stereocenters. The van der Waals surface area contributed by atoms with Crippen LogP contribution in [0.25, 0.3) is 0 Å². The Morgan fingerprint density at radius 3 is 2.44 bits per heavy atom. The van der Waals surface area contributed by atoms with Crippen LogP contribution in [0.15, 0.2) is 29.3 Å². The third kappa shape index (κ3) is 4.75. The van der Waals surface area contributed by atoms with Gasteiger partial charge in [-0.05, 0) is 38.0 Å². The minimum atomic E-state index is -0.293. The number of hydrogen-bond donors (Lipinski definition) is 2. The lowest BCUT2D eigenvalue weighted by molar-refractivity contribution is 0.0312. The minimum Gasteiger partial charge on any atom is -0.377 e. The molecular formula is C14H23N3O. The number of aryl methyl sites for hydroxylation is 1. The van der Waals surface area contributed by atoms with E-state index in [-0.39, 0.29) is 5.60 Å². The number of benzene rings is 1. The molecule has 4 heteroatoms. The average Bonchev–Trinajstić information content (AvgIpc) is 2.37. The van der Waals surface area contributed by atoms with Crippen molar-refractivity contribution in [2.24, 2.45) is 10.7 Å². The van der Waals surface area contributed by atoms with Crippen LogP contribution in [0.3, 0.4) is 0 Å². The highest BCUT2D eigenvalue weighted by atomic mass is 16.5. The molecule has 0 spiro atoms. The number of rotatable bonds is 5. The quantitative estimate of drug-likeness (QED) is 0.622. The van der Waals surface area contributed by atoms with Gasteiger partial charge < -0.3 is 15.8 Å². The third-order valence-electron chi connectivity index (χ3n) is 2.82. The maximum Gasteiger partial charge on any atom is 0.193 e. The maximum atomic E-state index is 5.82. The normalized spacial score (nSPS) is 12.6. The fourth-order valence-corrected chi connectivity index (χ4v) is 1.35. The lowest BCUT2D eigenvalue weighted by Gasteiger charge is -2.20. The number of nitrogens with zero attached hydrogens (tertiary/aromatic N) is 1. The Bertz CT molecular complexity index is 396. The first-order valence-corrected chi connectivity index (χ1v) is 6.18. The SMILES string of the molecule is CCc1ccc(NC(N)=NCC(C)(C)OC)cc1. The lowest BCUT2D eigenvalue weighted by atomic mass is 10.1. The summed E-state index contributed by atoms with van der Waals surface area (Å²) in [4.78, 5) is 4.26. The standard InChI is InChI=1S/C14H23N3O/c1-5-11-6-8-12(9-7-11)17-13(15)16-10-14(2,3)18-4/h6-9H,5,10H2,1-4H3,(H3,15,16,17). The predicted molar refractivity (Wildman–Crippen MR) is 77.0 cm³/mol. The molecule has 1 aromatic carbocycles. The van der Waals surface area contributed by atoms with Crippen LogP contribution in [0.4, 0.5) is 5.69 Å². The van der Waals surface area contributed by atoms with Gasteiger partial charge in [0.05, 0.1) is 12.1 Å². The number of guanidine groups is 1. The van der Waals surface area contributed by atoms with Gasteiger partial charge in [-0.1, -0.05) is 19.1 Å². The number of ether oxygens (including phenoxy) is 1. The van der Waals surface area contributed by atoms with Crippen molar-refractivity contribution in [1.82, 2.24) is 0 Å². The largest absolute Gasteiger partial charge is 0.377 e. The van der Waals surface area contributed by atoms with E-state index in [0.717, 1.165) is 12.1 Å². The van der Waals surface area contributed by atoms with Gasteiger partial charge in [-0.15, -0.1) is 0 Å². The first-order chi connectivity index (χ1) is 8.46. The summed E-state index contributed by atoms with van der Waals surface area (Å²) in [6, 6.07) is 8.16. The van der Waals surface area contributed by atoms with Crippen molar-refractivity contribution in [3.05, 3.63) is 29.8 Å². The average molecular weight is 249 g/mol. The van der Waals surface area contributed by atoms with Gasteiger partial charge in [0.1, 0.15) is 0 Å². The van der Waals surface area contributed by atoms with Gasteiger partial charge >= 0.3 is 0 Å². The van der Waals surface area contributed by atoms with E-state index < -0.39 is 0 Å². The number of methoxy groups -OCH3 is 1. The Morgan fingerprint density at radius 1 is 1.33 bits per heavy atom. The third-order valence-corrected chi connectivity index (χ3v) is 2.82. The molecule has 0 aliphatic rings. The molecule has 0 aliphatic heterocycles. The molecule has 0 heterocycles. The highest BCUT2D eigenvalue weighted by Crippen LogP contribution is 2.10. The van der Waals surface area contributed by atoms with E-state index in [1.165, 1.54) is 5.56 Å². The summed E-state index contributed by atoms with van der Waals surface area (Å²) in [5.41, 5.74) is 7.78. The molecule has 0 bridgehead atoms. The number of nitrogens with two attached hydrogens (primary N) is 1. The molecule has 3 N–H and O–H groups in total. The molecule has 4 nitrogen and oxygen atoms in total. The van der Waals surface area contributed by atoms with Crippen LogP contribution in [-0.2, 0) is 11.2 Å². The first-order valence-electron chi connectivity index (χ1n) is 6.18. The van der Waals surface area contributed by atoms with Gasteiger partial charge in [0.15, 0.2) is 5.96 Å². The van der Waals surface area contributed by atoms with Crippen molar-refractivity contribution in [1.29, 1.82) is 0 Å². The second-order valence-corrected chi connectivity index (χ2v) is 4.84. The Hall–Kier alpha value is -1.55. The minimum absolute atomic E-state index is 0.293. The van der Waals surface area contributed by atoms with Crippen LogP contribution in [0.2, 0.25) is 0 Å². The van der Waals surface area contributed by atoms with Crippen molar-refractivity contribution < 1.29 is 4.74 Å². The molecule has 0 amide bonds. The molecule has 0 fully saturated rings. The topological polar surface area (TPSA) is 59.6 Å². The molecule has 100 valence electrons. The summed E-state index contributed by atoms with van der Waals surface area (Å²) in [7, 11) is 1.67. The number of hydrogen-bond acceptors (Lipinski definition) is 2. The highest BCUT2D eigenvalue weighted by Gasteiger charge is 2.15. The zero-order chi connectivity index (χ0) is 13.6. The van der Waals surface area contributed by atoms with Crippen LogP contribution < -0.4 is 11.1 Å². The van der Waals surface area contributed by atoms with E-state index in [1.54, 1.807) is 7.11 Å². The van der Waals surface area contributed by atoms with Crippen LogP contribution in [-0.4, -0.2) is 25.2 Å². The lowest BCUT2D eigenvalue weighted by Crippen LogP contribution is -2.30. The van der Waals surface area contributed by atoms with Crippen molar-refractivity contribution in [2.45, 2.75) is 32.8 Å². The molecule has 0 atom stereocenters. The molecule has 0 radical (unpaired) electrons. The van der Waals surface area contributed by atoms with Gasteiger partial charge in [0.25, 0.3) is 0 Å². The van der Waals surface area contributed by atoms with Crippen molar-refractivity contribution >= 4 is 11.6 Å². The maximum absolute atomic E-state index is 5.82. The van der Waals surface area contributed by atoms with Gasteiger partial charge in [-0.25, -0.2) is 0 Å². The van der Waals surface area contributed by atoms with Gasteiger partial charge in [-0.3, -0.25) is 4.99 Å². The summed E-state index contributed by atoms with van der Waals surface area (Å²) in [6.07, 6.45) is 1.03. The van der Waals surface area contributed by atoms with Gasteiger partial charge in [0, 0.05) is 12.8 Å². The summed E-state index contributed by atoms with van der Waals surface area (Å²) in [6.45, 7) is 6.60. The van der Waals surface area contributed by atoms with Crippen LogP contribution >= 0.6 is 0 Å². The molecular weight excluding hydrogens is 226 g/mol. The summed E-state index contributed by atoms with van der Waals surface area (Å²) in [5, 5.41) is 3.06. The monoisotopic (exact) mass is 249 g/mol. The molecule has 1 aromatic rings. The van der Waals surface area contributed by atoms with Crippen molar-refractivity contribution in [2.75, 3.05) is 19.0 Å².